The second kappa shape index (κ2) is 9.05. The van der Waals surface area contributed by atoms with Crippen molar-refractivity contribution < 1.29 is 23.5 Å². The van der Waals surface area contributed by atoms with Crippen molar-refractivity contribution >= 4 is 29.0 Å². The van der Waals surface area contributed by atoms with E-state index >= 15 is 0 Å². The summed E-state index contributed by atoms with van der Waals surface area (Å²) in [7, 11) is 1.55. The molecule has 3 aliphatic rings. The Labute approximate surface area is 217 Å². The van der Waals surface area contributed by atoms with E-state index < -0.39 is 17.5 Å². The number of anilines is 3. The van der Waals surface area contributed by atoms with Crippen LogP contribution in [0.1, 0.15) is 55.1 Å². The Balaban J connectivity index is 1.29. The Morgan fingerprint density at radius 1 is 1.21 bits per heavy atom. The fourth-order valence-electron chi connectivity index (χ4n) is 5.32. The highest BCUT2D eigenvalue weighted by Crippen LogP contribution is 2.51. The van der Waals surface area contributed by atoms with Crippen LogP contribution >= 0.6 is 0 Å². The number of halogens is 1. The minimum Gasteiger partial charge on any atom is -0.494 e. The van der Waals surface area contributed by atoms with Crippen LogP contribution in [0.5, 0.6) is 5.75 Å². The van der Waals surface area contributed by atoms with Gasteiger partial charge >= 0.3 is 0 Å². The van der Waals surface area contributed by atoms with Crippen molar-refractivity contribution in [1.29, 1.82) is 0 Å². The maximum atomic E-state index is 14.1. The van der Waals surface area contributed by atoms with Gasteiger partial charge in [0, 0.05) is 30.0 Å². The van der Waals surface area contributed by atoms with Crippen LogP contribution in [-0.4, -0.2) is 56.8 Å². The van der Waals surface area contributed by atoms with Gasteiger partial charge in [-0.15, -0.1) is 10.2 Å². The highest BCUT2D eigenvalue weighted by atomic mass is 19.1. The smallest absolute Gasteiger partial charge is 0.271 e. The second-order valence-electron chi connectivity index (χ2n) is 10.1. The molecule has 2 aromatic heterocycles. The first kappa shape index (κ1) is 24.3. The van der Waals surface area contributed by atoms with E-state index in [1.54, 1.807) is 19.4 Å². The minimum atomic E-state index is -1.89. The number of carbonyl (C=O) groups excluding carboxylic acids is 2. The molecule has 2 saturated carbocycles. The zero-order valence-corrected chi connectivity index (χ0v) is 20.9. The number of rotatable bonds is 8. The van der Waals surface area contributed by atoms with E-state index in [9.17, 15) is 14.0 Å². The van der Waals surface area contributed by atoms with Gasteiger partial charge in [-0.25, -0.2) is 4.39 Å². The molecule has 2 atom stereocenters. The molecule has 1 spiro atoms. The largest absolute Gasteiger partial charge is 0.494 e. The number of para-hydroxylation sites is 1. The average Bonchev–Trinajstić information content (AvgIpc) is 3.27. The van der Waals surface area contributed by atoms with Crippen LogP contribution in [0.2, 0.25) is 0 Å². The van der Waals surface area contributed by atoms with Crippen LogP contribution in [0.25, 0.3) is 11.1 Å². The maximum absolute atomic E-state index is 14.1. The number of nitrogens with zero attached hydrogens (tertiary/aromatic N) is 4. The summed E-state index contributed by atoms with van der Waals surface area (Å²) in [6.45, 7) is 0.795. The highest BCUT2D eigenvalue weighted by molar-refractivity contribution is 6.01. The van der Waals surface area contributed by atoms with E-state index in [4.69, 9.17) is 15.2 Å². The summed E-state index contributed by atoms with van der Waals surface area (Å²) in [5.74, 6) is -1.11. The molecular formula is C26H28FN7O4. The lowest BCUT2D eigenvalue weighted by Crippen LogP contribution is -2.47. The molecule has 1 aliphatic heterocycles. The molecule has 3 fully saturated rings. The standard InChI is InChI=1S/C26H28FN7O4/c1-37-22-16(15-13-29-34(14-15)19-6-8-26(19)7-3-11-38-26)4-2-5-17(22)30-18-12-20(32-33-21(18)23(28)35)31-24(36)25(27)9-10-25/h2,4-5,12-14,19H,3,6-11H2,1H3,(H2,28,35)(H2,30,31,32,36)/t19-,26+/m0/s1. The number of hydrogen-bond donors (Lipinski definition) is 3. The SMILES string of the molecule is COc1c(Nc2cc(NC(=O)C3(F)CC3)nnc2C(N)=O)cccc1-c1cnn([C@H]2CC[C@]23CCCO3)c1. The van der Waals surface area contributed by atoms with Crippen molar-refractivity contribution in [2.75, 3.05) is 24.4 Å². The van der Waals surface area contributed by atoms with Gasteiger partial charge in [0.15, 0.2) is 17.2 Å². The van der Waals surface area contributed by atoms with E-state index in [2.05, 4.69) is 25.9 Å². The summed E-state index contributed by atoms with van der Waals surface area (Å²) in [6, 6.07) is 7.11. The molecule has 1 aromatic carbocycles. The first-order valence-corrected chi connectivity index (χ1v) is 12.6. The molecule has 4 N–H and O–H groups in total. The Hall–Kier alpha value is -4.06. The fourth-order valence-corrected chi connectivity index (χ4v) is 5.32. The van der Waals surface area contributed by atoms with Gasteiger partial charge in [-0.1, -0.05) is 12.1 Å². The summed E-state index contributed by atoms with van der Waals surface area (Å²) in [4.78, 5) is 24.2. The lowest BCUT2D eigenvalue weighted by atomic mass is 9.73. The number of methoxy groups -OCH3 is 1. The molecule has 3 aromatic rings. The number of benzene rings is 1. The predicted octanol–water partition coefficient (Wildman–Crippen LogP) is 3.52. The van der Waals surface area contributed by atoms with Crippen molar-refractivity contribution in [3.63, 3.8) is 0 Å². The molecule has 3 heterocycles. The monoisotopic (exact) mass is 521 g/mol. The first-order chi connectivity index (χ1) is 18.3. The summed E-state index contributed by atoms with van der Waals surface area (Å²) < 4.78 is 27.9. The Kier molecular flexibility index (Phi) is 5.78. The van der Waals surface area contributed by atoms with Gasteiger partial charge in [-0.05, 0) is 44.6 Å². The van der Waals surface area contributed by atoms with Crippen LogP contribution in [0.15, 0.2) is 36.7 Å². The average molecular weight is 522 g/mol. The molecular weight excluding hydrogens is 493 g/mol. The molecule has 1 saturated heterocycles. The van der Waals surface area contributed by atoms with E-state index in [-0.39, 0.29) is 41.7 Å². The zero-order chi connectivity index (χ0) is 26.5. The van der Waals surface area contributed by atoms with E-state index in [1.807, 2.05) is 23.0 Å². The van der Waals surface area contributed by atoms with Gasteiger partial charge in [0.25, 0.3) is 11.8 Å². The van der Waals surface area contributed by atoms with E-state index in [0.717, 1.165) is 43.4 Å². The number of alkyl halides is 1. The summed E-state index contributed by atoms with van der Waals surface area (Å²) in [5.41, 5.74) is 5.73. The third-order valence-electron chi connectivity index (χ3n) is 7.67. The third kappa shape index (κ3) is 4.14. The molecule has 2 amide bonds. The molecule has 0 radical (unpaired) electrons. The van der Waals surface area contributed by atoms with Crippen molar-refractivity contribution in [3.05, 3.63) is 42.4 Å². The molecule has 6 rings (SSSR count). The summed E-state index contributed by atoms with van der Waals surface area (Å²) in [6.07, 6.45) is 8.30. The van der Waals surface area contributed by atoms with Gasteiger partial charge < -0.3 is 25.8 Å². The molecule has 198 valence electrons. The van der Waals surface area contributed by atoms with Crippen molar-refractivity contribution in [2.45, 2.75) is 55.8 Å². The van der Waals surface area contributed by atoms with Gasteiger partial charge in [-0.2, -0.15) is 5.10 Å². The van der Waals surface area contributed by atoms with Crippen LogP contribution in [0.4, 0.5) is 21.6 Å². The number of primary amides is 1. The molecule has 2 aliphatic carbocycles. The Morgan fingerprint density at radius 2 is 2.05 bits per heavy atom. The number of carbonyl (C=O) groups is 2. The number of nitrogens with two attached hydrogens (primary N) is 1. The number of amides is 2. The van der Waals surface area contributed by atoms with Crippen molar-refractivity contribution in [3.8, 4) is 16.9 Å². The van der Waals surface area contributed by atoms with Crippen molar-refractivity contribution in [1.82, 2.24) is 20.0 Å². The molecule has 0 unspecified atom stereocenters. The van der Waals surface area contributed by atoms with Crippen LogP contribution < -0.4 is 21.1 Å². The Bertz CT molecular complexity index is 1410. The lowest BCUT2D eigenvalue weighted by Gasteiger charge is -2.45. The quantitative estimate of drug-likeness (QED) is 0.408. The van der Waals surface area contributed by atoms with Gasteiger partial charge in [0.1, 0.15) is 5.75 Å². The maximum Gasteiger partial charge on any atom is 0.271 e. The molecule has 12 heteroatoms. The van der Waals surface area contributed by atoms with Crippen molar-refractivity contribution in [2.24, 2.45) is 5.73 Å². The predicted molar refractivity (Wildman–Crippen MR) is 136 cm³/mol. The summed E-state index contributed by atoms with van der Waals surface area (Å²) >= 11 is 0. The lowest BCUT2D eigenvalue weighted by molar-refractivity contribution is -0.122. The molecule has 11 nitrogen and oxygen atoms in total. The van der Waals surface area contributed by atoms with Gasteiger partial charge in [-0.3, -0.25) is 14.3 Å². The third-order valence-corrected chi connectivity index (χ3v) is 7.67. The van der Waals surface area contributed by atoms with Crippen LogP contribution in [0, 0.1) is 0 Å². The Morgan fingerprint density at radius 3 is 2.71 bits per heavy atom. The second-order valence-corrected chi connectivity index (χ2v) is 10.1. The number of nitrogens with one attached hydrogen (secondary N) is 2. The first-order valence-electron chi connectivity index (χ1n) is 12.6. The topological polar surface area (TPSA) is 146 Å². The van der Waals surface area contributed by atoms with Gasteiger partial charge in [0.05, 0.1) is 36.3 Å². The van der Waals surface area contributed by atoms with Crippen LogP contribution in [-0.2, 0) is 9.53 Å². The fraction of sp³-hybridized carbons (Fsp3) is 0.423. The zero-order valence-electron chi connectivity index (χ0n) is 20.9. The number of aromatic nitrogens is 4. The number of hydrogen-bond acceptors (Lipinski definition) is 8. The molecule has 38 heavy (non-hydrogen) atoms. The number of ether oxygens (including phenoxy) is 2. The molecule has 0 bridgehead atoms. The van der Waals surface area contributed by atoms with Gasteiger partial charge in [0.2, 0.25) is 0 Å². The minimum absolute atomic E-state index is 0.00798. The normalized spacial score (nSPS) is 23.1. The van der Waals surface area contributed by atoms with E-state index in [1.165, 1.54) is 6.07 Å². The summed E-state index contributed by atoms with van der Waals surface area (Å²) in [5, 5.41) is 17.8. The van der Waals surface area contributed by atoms with Crippen LogP contribution in [0.3, 0.4) is 0 Å². The highest BCUT2D eigenvalue weighted by Gasteiger charge is 2.52. The van der Waals surface area contributed by atoms with E-state index in [0.29, 0.717) is 11.4 Å².